The molecule has 3 nitrogen and oxygen atoms in total. The van der Waals surface area contributed by atoms with Gasteiger partial charge in [0, 0.05) is 25.9 Å². The fraction of sp³-hybridized carbons (Fsp3) is 0.667. The molecule has 66 valence electrons. The van der Waals surface area contributed by atoms with E-state index in [0.29, 0.717) is 0 Å². The van der Waals surface area contributed by atoms with Crippen LogP contribution in [-0.2, 0) is 19.4 Å². The fourth-order valence-corrected chi connectivity index (χ4v) is 1.53. The van der Waals surface area contributed by atoms with Crippen LogP contribution in [0.3, 0.4) is 0 Å². The van der Waals surface area contributed by atoms with Crippen molar-refractivity contribution in [1.29, 1.82) is 0 Å². The van der Waals surface area contributed by atoms with E-state index in [1.165, 1.54) is 0 Å². The lowest BCUT2D eigenvalue weighted by Gasteiger charge is -2.19. The maximum absolute atomic E-state index is 5.57. The largest absolute Gasteiger partial charge is 0.445 e. The zero-order valence-corrected chi connectivity index (χ0v) is 7.63. The van der Waals surface area contributed by atoms with E-state index in [4.69, 9.17) is 4.42 Å². The highest BCUT2D eigenvalue weighted by atomic mass is 16.4. The van der Waals surface area contributed by atoms with Gasteiger partial charge in [-0.15, -0.1) is 0 Å². The average Bonchev–Trinajstić information content (AvgIpc) is 2.46. The van der Waals surface area contributed by atoms with E-state index in [0.717, 1.165) is 43.3 Å². The van der Waals surface area contributed by atoms with Gasteiger partial charge < -0.3 is 4.42 Å². The lowest BCUT2D eigenvalue weighted by molar-refractivity contribution is 0.290. The van der Waals surface area contributed by atoms with Gasteiger partial charge in [-0.1, -0.05) is 6.92 Å². The third-order valence-electron chi connectivity index (χ3n) is 2.27. The summed E-state index contributed by atoms with van der Waals surface area (Å²) in [6.45, 7) is 4.10. The molecule has 0 atom stereocenters. The van der Waals surface area contributed by atoms with E-state index in [1.54, 1.807) is 0 Å². The number of hydrogen-bond acceptors (Lipinski definition) is 3. The Bertz CT molecular complexity index is 280. The van der Waals surface area contributed by atoms with Gasteiger partial charge in [-0.05, 0) is 7.05 Å². The molecule has 0 saturated carbocycles. The molecule has 2 rings (SSSR count). The second kappa shape index (κ2) is 2.90. The number of hydrogen-bond donors (Lipinski definition) is 0. The summed E-state index contributed by atoms with van der Waals surface area (Å²) >= 11 is 0. The molecule has 0 amide bonds. The summed E-state index contributed by atoms with van der Waals surface area (Å²) in [4.78, 5) is 6.68. The van der Waals surface area contributed by atoms with E-state index in [2.05, 4.69) is 23.9 Å². The third-order valence-corrected chi connectivity index (χ3v) is 2.27. The third kappa shape index (κ3) is 1.25. The summed E-state index contributed by atoms with van der Waals surface area (Å²) in [6.07, 6.45) is 1.91. The number of aryl methyl sites for hydroxylation is 1. The average molecular weight is 166 g/mol. The van der Waals surface area contributed by atoms with Crippen molar-refractivity contribution in [1.82, 2.24) is 9.88 Å². The molecule has 0 bridgehead atoms. The Morgan fingerprint density at radius 3 is 3.17 bits per heavy atom. The van der Waals surface area contributed by atoms with Crippen LogP contribution in [-0.4, -0.2) is 23.5 Å². The number of oxazole rings is 1. The van der Waals surface area contributed by atoms with Crippen LogP contribution in [0.25, 0.3) is 0 Å². The normalized spacial score (nSPS) is 17.8. The Balaban J connectivity index is 2.28. The number of aromatic nitrogens is 1. The number of rotatable bonds is 1. The molecule has 0 saturated heterocycles. The second-order valence-corrected chi connectivity index (χ2v) is 3.32. The molecule has 1 aliphatic rings. The van der Waals surface area contributed by atoms with Crippen molar-refractivity contribution in [2.45, 2.75) is 26.3 Å². The van der Waals surface area contributed by atoms with Gasteiger partial charge in [0.1, 0.15) is 5.76 Å². The van der Waals surface area contributed by atoms with Crippen molar-refractivity contribution in [2.75, 3.05) is 13.6 Å². The molecular weight excluding hydrogens is 152 g/mol. The van der Waals surface area contributed by atoms with Crippen molar-refractivity contribution in [3.63, 3.8) is 0 Å². The van der Waals surface area contributed by atoms with E-state index in [1.807, 2.05) is 0 Å². The van der Waals surface area contributed by atoms with Crippen molar-refractivity contribution >= 4 is 0 Å². The maximum atomic E-state index is 5.57. The number of fused-ring (bicyclic) bond motifs is 1. The van der Waals surface area contributed by atoms with Gasteiger partial charge in [0.25, 0.3) is 0 Å². The molecule has 0 radical (unpaired) electrons. The summed E-state index contributed by atoms with van der Waals surface area (Å²) in [5.74, 6) is 1.99. The summed E-state index contributed by atoms with van der Waals surface area (Å²) in [6, 6.07) is 0. The molecule has 0 unspecified atom stereocenters. The Labute approximate surface area is 72.4 Å². The van der Waals surface area contributed by atoms with Gasteiger partial charge >= 0.3 is 0 Å². The van der Waals surface area contributed by atoms with Crippen molar-refractivity contribution in [3.05, 3.63) is 17.3 Å². The van der Waals surface area contributed by atoms with Crippen molar-refractivity contribution < 1.29 is 4.42 Å². The van der Waals surface area contributed by atoms with Gasteiger partial charge in [-0.3, -0.25) is 4.90 Å². The zero-order chi connectivity index (χ0) is 8.55. The minimum Gasteiger partial charge on any atom is -0.445 e. The molecule has 0 aromatic carbocycles. The van der Waals surface area contributed by atoms with Crippen LogP contribution in [0.15, 0.2) is 4.42 Å². The Morgan fingerprint density at radius 2 is 2.42 bits per heavy atom. The molecule has 2 heterocycles. The predicted octanol–water partition coefficient (Wildman–Crippen LogP) is 1.22. The zero-order valence-electron chi connectivity index (χ0n) is 7.63. The highest BCUT2D eigenvalue weighted by Crippen LogP contribution is 2.18. The van der Waals surface area contributed by atoms with E-state index in [-0.39, 0.29) is 0 Å². The highest BCUT2D eigenvalue weighted by Gasteiger charge is 2.18. The molecule has 0 fully saturated rings. The van der Waals surface area contributed by atoms with Crippen LogP contribution in [0.1, 0.15) is 24.3 Å². The van der Waals surface area contributed by atoms with Crippen molar-refractivity contribution in [3.8, 4) is 0 Å². The topological polar surface area (TPSA) is 29.3 Å². The fourth-order valence-electron chi connectivity index (χ4n) is 1.53. The minimum atomic E-state index is 0.885. The first-order chi connectivity index (χ1) is 5.79. The van der Waals surface area contributed by atoms with Crippen LogP contribution < -0.4 is 0 Å². The standard InChI is InChI=1S/C9H14N2O/c1-3-9-10-7-6-11(2)5-4-8(7)12-9/h3-6H2,1-2H3. The monoisotopic (exact) mass is 166 g/mol. The Kier molecular flexibility index (Phi) is 1.89. The minimum absolute atomic E-state index is 0.885. The van der Waals surface area contributed by atoms with E-state index < -0.39 is 0 Å². The van der Waals surface area contributed by atoms with Crippen molar-refractivity contribution in [2.24, 2.45) is 0 Å². The summed E-state index contributed by atoms with van der Waals surface area (Å²) in [5.41, 5.74) is 1.14. The quantitative estimate of drug-likeness (QED) is 0.628. The molecule has 0 N–H and O–H groups in total. The van der Waals surface area contributed by atoms with Gasteiger partial charge in [-0.25, -0.2) is 4.98 Å². The first kappa shape index (κ1) is 7.80. The Morgan fingerprint density at radius 1 is 1.58 bits per heavy atom. The first-order valence-electron chi connectivity index (χ1n) is 4.45. The molecule has 1 aromatic heterocycles. The predicted molar refractivity (Wildman–Crippen MR) is 45.9 cm³/mol. The molecule has 1 aromatic rings. The van der Waals surface area contributed by atoms with Gasteiger partial charge in [0.15, 0.2) is 5.89 Å². The number of likely N-dealkylation sites (N-methyl/N-ethyl adjacent to an activating group) is 1. The SMILES string of the molecule is CCc1nc2c(o1)CCN(C)C2. The van der Waals surface area contributed by atoms with Crippen LogP contribution in [0, 0.1) is 0 Å². The maximum Gasteiger partial charge on any atom is 0.194 e. The summed E-state index contributed by atoms with van der Waals surface area (Å²) in [7, 11) is 2.11. The van der Waals surface area contributed by atoms with E-state index >= 15 is 0 Å². The Hall–Kier alpha value is -0.830. The van der Waals surface area contributed by atoms with Gasteiger partial charge in [-0.2, -0.15) is 0 Å². The lowest BCUT2D eigenvalue weighted by atomic mass is 10.2. The molecule has 0 spiro atoms. The summed E-state index contributed by atoms with van der Waals surface area (Å²) in [5, 5.41) is 0. The summed E-state index contributed by atoms with van der Waals surface area (Å²) < 4.78 is 5.57. The molecule has 12 heavy (non-hydrogen) atoms. The smallest absolute Gasteiger partial charge is 0.194 e. The van der Waals surface area contributed by atoms with Crippen LogP contribution >= 0.6 is 0 Å². The van der Waals surface area contributed by atoms with Crippen LogP contribution in [0.2, 0.25) is 0 Å². The molecule has 3 heteroatoms. The molecule has 0 aliphatic carbocycles. The second-order valence-electron chi connectivity index (χ2n) is 3.32. The first-order valence-corrected chi connectivity index (χ1v) is 4.45. The lowest BCUT2D eigenvalue weighted by Crippen LogP contribution is -2.25. The van der Waals surface area contributed by atoms with E-state index in [9.17, 15) is 0 Å². The van der Waals surface area contributed by atoms with Gasteiger partial charge in [0.2, 0.25) is 0 Å². The highest BCUT2D eigenvalue weighted by molar-refractivity contribution is 5.13. The molecular formula is C9H14N2O. The van der Waals surface area contributed by atoms with Crippen LogP contribution in [0.4, 0.5) is 0 Å². The van der Waals surface area contributed by atoms with Gasteiger partial charge in [0.05, 0.1) is 5.69 Å². The number of nitrogens with zero attached hydrogens (tertiary/aromatic N) is 2. The molecule has 1 aliphatic heterocycles. The van der Waals surface area contributed by atoms with Crippen LogP contribution in [0.5, 0.6) is 0 Å².